The average molecular weight is 316 g/mol. The first-order chi connectivity index (χ1) is 10.3. The molecule has 22 heavy (non-hydrogen) atoms. The fourth-order valence-electron chi connectivity index (χ4n) is 1.66. The second kappa shape index (κ2) is 11.1. The van der Waals surface area contributed by atoms with E-state index in [0.717, 1.165) is 18.9 Å². The second-order valence-electron chi connectivity index (χ2n) is 5.83. The van der Waals surface area contributed by atoms with E-state index in [2.05, 4.69) is 15.6 Å². The van der Waals surface area contributed by atoms with Crippen molar-refractivity contribution in [2.45, 2.75) is 39.7 Å². The standard InChI is InChI=1S/C15H32N4O3/c1-7-19(14(20)22-15(2,3)4)11-10-18-13(16-5)17-9-8-12-21-6/h7-12H2,1-6H3,(H2,16,17,18). The number of amides is 1. The SMILES string of the molecule is CCN(CCNC(=NC)NCCCOC)C(=O)OC(C)(C)C. The van der Waals surface area contributed by atoms with Crippen LogP contribution in [0, 0.1) is 0 Å². The Hall–Kier alpha value is -1.50. The number of nitrogens with zero attached hydrogens (tertiary/aromatic N) is 2. The third-order valence-electron chi connectivity index (χ3n) is 2.75. The number of guanidine groups is 1. The van der Waals surface area contributed by atoms with Crippen LogP contribution < -0.4 is 10.6 Å². The topological polar surface area (TPSA) is 75.2 Å². The monoisotopic (exact) mass is 316 g/mol. The molecule has 0 radical (unpaired) electrons. The lowest BCUT2D eigenvalue weighted by Crippen LogP contribution is -2.44. The Balaban J connectivity index is 4.09. The third-order valence-corrected chi connectivity index (χ3v) is 2.75. The summed E-state index contributed by atoms with van der Waals surface area (Å²) in [6.07, 6.45) is 0.621. The number of hydrogen-bond donors (Lipinski definition) is 2. The van der Waals surface area contributed by atoms with Crippen LogP contribution in [0.5, 0.6) is 0 Å². The van der Waals surface area contributed by atoms with Gasteiger partial charge in [0.25, 0.3) is 0 Å². The van der Waals surface area contributed by atoms with Crippen molar-refractivity contribution in [2.24, 2.45) is 4.99 Å². The van der Waals surface area contributed by atoms with Gasteiger partial charge >= 0.3 is 6.09 Å². The second-order valence-corrected chi connectivity index (χ2v) is 5.83. The van der Waals surface area contributed by atoms with E-state index < -0.39 is 5.60 Å². The van der Waals surface area contributed by atoms with Gasteiger partial charge in [-0.05, 0) is 34.1 Å². The third kappa shape index (κ3) is 10.3. The minimum absolute atomic E-state index is 0.292. The lowest BCUT2D eigenvalue weighted by Gasteiger charge is -2.26. The molecular weight excluding hydrogens is 284 g/mol. The predicted molar refractivity (Wildman–Crippen MR) is 89.3 cm³/mol. The fraction of sp³-hybridized carbons (Fsp3) is 0.867. The first-order valence-electron chi connectivity index (χ1n) is 7.75. The maximum Gasteiger partial charge on any atom is 0.410 e. The van der Waals surface area contributed by atoms with Gasteiger partial charge in [0.2, 0.25) is 0 Å². The van der Waals surface area contributed by atoms with Crippen LogP contribution in [-0.4, -0.2) is 69.5 Å². The number of hydrogen-bond acceptors (Lipinski definition) is 4. The number of aliphatic imine (C=N–C) groups is 1. The van der Waals surface area contributed by atoms with E-state index in [1.807, 2.05) is 27.7 Å². The van der Waals surface area contributed by atoms with Gasteiger partial charge in [0, 0.05) is 46.9 Å². The van der Waals surface area contributed by atoms with E-state index in [0.29, 0.717) is 26.2 Å². The van der Waals surface area contributed by atoms with Crippen molar-refractivity contribution >= 4 is 12.1 Å². The van der Waals surface area contributed by atoms with Crippen LogP contribution in [0.4, 0.5) is 4.79 Å². The van der Waals surface area contributed by atoms with Gasteiger partial charge in [-0.2, -0.15) is 0 Å². The molecule has 0 saturated carbocycles. The number of carbonyl (C=O) groups is 1. The number of rotatable bonds is 8. The minimum Gasteiger partial charge on any atom is -0.444 e. The largest absolute Gasteiger partial charge is 0.444 e. The highest BCUT2D eigenvalue weighted by Gasteiger charge is 2.20. The molecule has 0 atom stereocenters. The van der Waals surface area contributed by atoms with Crippen LogP contribution in [-0.2, 0) is 9.47 Å². The van der Waals surface area contributed by atoms with Gasteiger partial charge in [-0.1, -0.05) is 0 Å². The highest BCUT2D eigenvalue weighted by Crippen LogP contribution is 2.09. The molecule has 0 heterocycles. The molecular formula is C15H32N4O3. The van der Waals surface area contributed by atoms with Crippen molar-refractivity contribution in [3.05, 3.63) is 0 Å². The number of nitrogens with one attached hydrogen (secondary N) is 2. The van der Waals surface area contributed by atoms with E-state index >= 15 is 0 Å². The Morgan fingerprint density at radius 1 is 1.23 bits per heavy atom. The van der Waals surface area contributed by atoms with Gasteiger partial charge in [-0.3, -0.25) is 4.99 Å². The first kappa shape index (κ1) is 20.5. The Labute approximate surface area is 134 Å². The number of methoxy groups -OCH3 is 1. The molecule has 2 N–H and O–H groups in total. The number of carbonyl (C=O) groups excluding carboxylic acids is 1. The van der Waals surface area contributed by atoms with Crippen LogP contribution in [0.1, 0.15) is 34.1 Å². The summed E-state index contributed by atoms with van der Waals surface area (Å²) in [4.78, 5) is 17.8. The van der Waals surface area contributed by atoms with E-state index in [9.17, 15) is 4.79 Å². The zero-order valence-corrected chi connectivity index (χ0v) is 14.9. The highest BCUT2D eigenvalue weighted by molar-refractivity contribution is 5.79. The molecule has 7 nitrogen and oxygen atoms in total. The lowest BCUT2D eigenvalue weighted by molar-refractivity contribution is 0.0264. The number of likely N-dealkylation sites (N-methyl/N-ethyl adjacent to an activating group) is 1. The van der Waals surface area contributed by atoms with Crippen molar-refractivity contribution in [1.82, 2.24) is 15.5 Å². The van der Waals surface area contributed by atoms with Crippen molar-refractivity contribution in [1.29, 1.82) is 0 Å². The summed E-state index contributed by atoms with van der Waals surface area (Å²) in [5.74, 6) is 0.719. The maximum atomic E-state index is 12.0. The van der Waals surface area contributed by atoms with Crippen molar-refractivity contribution < 1.29 is 14.3 Å². The molecule has 0 aromatic rings. The summed E-state index contributed by atoms with van der Waals surface area (Å²) in [6, 6.07) is 0. The Kier molecular flexibility index (Phi) is 10.4. The maximum absolute atomic E-state index is 12.0. The summed E-state index contributed by atoms with van der Waals surface area (Å²) in [5.41, 5.74) is -0.475. The zero-order valence-electron chi connectivity index (χ0n) is 14.9. The van der Waals surface area contributed by atoms with Crippen LogP contribution in [0.15, 0.2) is 4.99 Å². The highest BCUT2D eigenvalue weighted by atomic mass is 16.6. The summed E-state index contributed by atoms with van der Waals surface area (Å²) < 4.78 is 10.4. The molecule has 0 unspecified atom stereocenters. The predicted octanol–water partition coefficient (Wildman–Crippen LogP) is 1.44. The van der Waals surface area contributed by atoms with Gasteiger partial charge in [0.1, 0.15) is 5.60 Å². The summed E-state index contributed by atoms with van der Waals surface area (Å²) >= 11 is 0. The molecule has 130 valence electrons. The van der Waals surface area contributed by atoms with Gasteiger partial charge in [0.15, 0.2) is 5.96 Å². The molecule has 1 amide bonds. The van der Waals surface area contributed by atoms with Crippen LogP contribution in [0.3, 0.4) is 0 Å². The van der Waals surface area contributed by atoms with Crippen molar-refractivity contribution in [3.63, 3.8) is 0 Å². The van der Waals surface area contributed by atoms with Gasteiger partial charge in [0.05, 0.1) is 0 Å². The van der Waals surface area contributed by atoms with Crippen molar-refractivity contribution in [2.75, 3.05) is 46.9 Å². The van der Waals surface area contributed by atoms with Gasteiger partial charge < -0.3 is 25.0 Å². The molecule has 0 bridgehead atoms. The Morgan fingerprint density at radius 2 is 1.86 bits per heavy atom. The van der Waals surface area contributed by atoms with Gasteiger partial charge in [-0.15, -0.1) is 0 Å². The molecule has 0 spiro atoms. The van der Waals surface area contributed by atoms with Crippen LogP contribution in [0.25, 0.3) is 0 Å². The summed E-state index contributed by atoms with van der Waals surface area (Å²) in [5, 5.41) is 6.37. The van der Waals surface area contributed by atoms with Crippen molar-refractivity contribution in [3.8, 4) is 0 Å². The smallest absolute Gasteiger partial charge is 0.410 e. The molecule has 0 aromatic heterocycles. The molecule has 0 aliphatic carbocycles. The van der Waals surface area contributed by atoms with Crippen LogP contribution >= 0.6 is 0 Å². The summed E-state index contributed by atoms with van der Waals surface area (Å²) in [6.45, 7) is 10.8. The lowest BCUT2D eigenvalue weighted by atomic mass is 10.2. The van der Waals surface area contributed by atoms with E-state index in [1.54, 1.807) is 19.1 Å². The molecule has 0 fully saturated rings. The van der Waals surface area contributed by atoms with E-state index in [-0.39, 0.29) is 6.09 Å². The zero-order chi connectivity index (χ0) is 17.0. The quantitative estimate of drug-likeness (QED) is 0.403. The van der Waals surface area contributed by atoms with Crippen LogP contribution in [0.2, 0.25) is 0 Å². The molecule has 0 rings (SSSR count). The van der Waals surface area contributed by atoms with E-state index in [1.165, 1.54) is 0 Å². The fourth-order valence-corrected chi connectivity index (χ4v) is 1.66. The summed E-state index contributed by atoms with van der Waals surface area (Å²) in [7, 11) is 3.40. The average Bonchev–Trinajstić information content (AvgIpc) is 2.43. The number of ether oxygens (including phenoxy) is 2. The van der Waals surface area contributed by atoms with Gasteiger partial charge in [-0.25, -0.2) is 4.79 Å². The Bertz CT molecular complexity index is 340. The molecule has 0 aliphatic rings. The first-order valence-corrected chi connectivity index (χ1v) is 7.75. The normalized spacial score (nSPS) is 12.0. The molecule has 0 aliphatic heterocycles. The van der Waals surface area contributed by atoms with E-state index in [4.69, 9.17) is 9.47 Å². The molecule has 7 heteroatoms. The molecule has 0 saturated heterocycles. The molecule has 0 aromatic carbocycles. The Morgan fingerprint density at radius 3 is 2.36 bits per heavy atom. The minimum atomic E-state index is -0.475.